The zero-order valence-electron chi connectivity index (χ0n) is 13.9. The molecule has 126 valence electrons. The summed E-state index contributed by atoms with van der Waals surface area (Å²) in [6.45, 7) is 4.22. The van der Waals surface area contributed by atoms with Gasteiger partial charge in [-0.2, -0.15) is 0 Å². The second-order valence-electron chi connectivity index (χ2n) is 6.28. The van der Waals surface area contributed by atoms with Crippen LogP contribution in [0.4, 0.5) is 4.39 Å². The third kappa shape index (κ3) is 2.82. The number of fused-ring (bicyclic) bond motifs is 1. The summed E-state index contributed by atoms with van der Waals surface area (Å²) >= 11 is 1.53. The molecule has 0 fully saturated rings. The molecule has 3 aromatic heterocycles. The molecule has 0 aliphatic carbocycles. The van der Waals surface area contributed by atoms with E-state index in [2.05, 4.69) is 24.2 Å². The van der Waals surface area contributed by atoms with E-state index in [0.29, 0.717) is 16.5 Å². The van der Waals surface area contributed by atoms with Crippen molar-refractivity contribution in [1.29, 1.82) is 0 Å². The van der Waals surface area contributed by atoms with Crippen molar-refractivity contribution < 1.29 is 4.39 Å². The smallest absolute Gasteiger partial charge is 0.141 e. The van der Waals surface area contributed by atoms with Gasteiger partial charge in [-0.3, -0.25) is 4.98 Å². The van der Waals surface area contributed by atoms with E-state index in [1.165, 1.54) is 11.3 Å². The van der Waals surface area contributed by atoms with Gasteiger partial charge in [-0.15, -0.1) is 16.4 Å². The zero-order valence-corrected chi connectivity index (χ0v) is 14.7. The highest BCUT2D eigenvalue weighted by Crippen LogP contribution is 2.32. The third-order valence-corrected chi connectivity index (χ3v) is 5.18. The molecule has 4 aromatic rings. The predicted octanol–water partition coefficient (Wildman–Crippen LogP) is 4.94. The fourth-order valence-corrected chi connectivity index (χ4v) is 3.86. The molecule has 4 nitrogen and oxygen atoms in total. The molecule has 0 spiro atoms. The molecule has 0 aliphatic heterocycles. The fourth-order valence-electron chi connectivity index (χ4n) is 3.12. The van der Waals surface area contributed by atoms with Crippen molar-refractivity contribution in [3.63, 3.8) is 0 Å². The van der Waals surface area contributed by atoms with Gasteiger partial charge in [0.1, 0.15) is 5.82 Å². The summed E-state index contributed by atoms with van der Waals surface area (Å²) in [5, 5.41) is 10.5. The Balaban J connectivity index is 1.82. The zero-order chi connectivity index (χ0) is 17.4. The Kier molecular flexibility index (Phi) is 4.05. The quantitative estimate of drug-likeness (QED) is 0.522. The molecule has 0 aliphatic rings. The Morgan fingerprint density at radius 3 is 2.68 bits per heavy atom. The number of rotatable bonds is 4. The first-order valence-electron chi connectivity index (χ1n) is 8.14. The van der Waals surface area contributed by atoms with E-state index in [9.17, 15) is 4.39 Å². The van der Waals surface area contributed by atoms with E-state index in [1.807, 2.05) is 41.9 Å². The Labute approximate surface area is 149 Å². The molecule has 0 radical (unpaired) electrons. The monoisotopic (exact) mass is 352 g/mol. The second-order valence-corrected chi connectivity index (χ2v) is 7.23. The Hall–Kier alpha value is -2.60. The van der Waals surface area contributed by atoms with Gasteiger partial charge in [0.15, 0.2) is 0 Å². The number of thiophene rings is 1. The largest absolute Gasteiger partial charge is 0.250 e. The van der Waals surface area contributed by atoms with Crippen LogP contribution in [0.25, 0.3) is 21.3 Å². The first-order chi connectivity index (χ1) is 12.1. The topological polar surface area (TPSA) is 43.6 Å². The molecule has 0 bridgehead atoms. The van der Waals surface area contributed by atoms with Crippen molar-refractivity contribution in [3.05, 3.63) is 65.7 Å². The van der Waals surface area contributed by atoms with Crippen molar-refractivity contribution >= 4 is 22.2 Å². The van der Waals surface area contributed by atoms with E-state index in [1.54, 1.807) is 16.9 Å². The number of halogens is 1. The van der Waals surface area contributed by atoms with Gasteiger partial charge in [0.05, 0.1) is 23.4 Å². The Bertz CT molecular complexity index is 994. The third-order valence-electron chi connectivity index (χ3n) is 4.27. The van der Waals surface area contributed by atoms with E-state index in [0.717, 1.165) is 10.6 Å². The summed E-state index contributed by atoms with van der Waals surface area (Å²) < 4.78 is 16.7. The summed E-state index contributed by atoms with van der Waals surface area (Å²) in [5.41, 5.74) is 2.13. The number of nitrogens with zero attached hydrogens (tertiary/aromatic N) is 4. The molecule has 6 heteroatoms. The lowest BCUT2D eigenvalue weighted by Gasteiger charge is -2.20. The lowest BCUT2D eigenvalue weighted by molar-refractivity contribution is 0.387. The minimum atomic E-state index is -0.221. The Morgan fingerprint density at radius 1 is 1.12 bits per heavy atom. The molecule has 1 unspecified atom stereocenters. The highest BCUT2D eigenvalue weighted by Gasteiger charge is 2.21. The highest BCUT2D eigenvalue weighted by molar-refractivity contribution is 7.13. The van der Waals surface area contributed by atoms with E-state index in [4.69, 9.17) is 4.98 Å². The van der Waals surface area contributed by atoms with Gasteiger partial charge in [-0.05, 0) is 41.6 Å². The molecular formula is C19H17FN4S. The highest BCUT2D eigenvalue weighted by atomic mass is 32.1. The minimum Gasteiger partial charge on any atom is -0.250 e. The van der Waals surface area contributed by atoms with Crippen LogP contribution in [0.15, 0.2) is 54.2 Å². The molecule has 0 saturated heterocycles. The minimum absolute atomic E-state index is 0.0352. The van der Waals surface area contributed by atoms with Crippen molar-refractivity contribution in [3.8, 4) is 10.4 Å². The van der Waals surface area contributed by atoms with E-state index in [-0.39, 0.29) is 17.8 Å². The van der Waals surface area contributed by atoms with Crippen LogP contribution in [0.2, 0.25) is 0 Å². The van der Waals surface area contributed by atoms with Crippen LogP contribution in [-0.2, 0) is 0 Å². The van der Waals surface area contributed by atoms with Gasteiger partial charge in [0.2, 0.25) is 0 Å². The van der Waals surface area contributed by atoms with Crippen LogP contribution < -0.4 is 0 Å². The molecule has 1 aromatic carbocycles. The number of benzene rings is 1. The van der Waals surface area contributed by atoms with E-state index >= 15 is 0 Å². The van der Waals surface area contributed by atoms with Crippen LogP contribution in [0.3, 0.4) is 0 Å². The number of hydrogen-bond acceptors (Lipinski definition) is 4. The van der Waals surface area contributed by atoms with Gasteiger partial charge in [0, 0.05) is 22.0 Å². The molecule has 1 atom stereocenters. The van der Waals surface area contributed by atoms with Crippen molar-refractivity contribution in [2.24, 2.45) is 5.92 Å². The summed E-state index contributed by atoms with van der Waals surface area (Å²) in [6, 6.07) is 11.2. The number of hydrogen-bond donors (Lipinski definition) is 0. The molecular weight excluding hydrogens is 335 g/mol. The predicted molar refractivity (Wildman–Crippen MR) is 98.0 cm³/mol. The lowest BCUT2D eigenvalue weighted by Crippen LogP contribution is -2.18. The maximum Gasteiger partial charge on any atom is 0.141 e. The lowest BCUT2D eigenvalue weighted by atomic mass is 9.99. The molecule has 25 heavy (non-hydrogen) atoms. The first kappa shape index (κ1) is 15.9. The molecule has 3 heterocycles. The van der Waals surface area contributed by atoms with Crippen molar-refractivity contribution in [2.45, 2.75) is 19.9 Å². The summed E-state index contributed by atoms with van der Waals surface area (Å²) in [7, 11) is 0. The van der Waals surface area contributed by atoms with Crippen LogP contribution in [0.5, 0.6) is 0 Å². The fraction of sp³-hybridized carbons (Fsp3) is 0.211. The van der Waals surface area contributed by atoms with Crippen molar-refractivity contribution in [2.75, 3.05) is 0 Å². The summed E-state index contributed by atoms with van der Waals surface area (Å²) in [4.78, 5) is 5.63. The summed E-state index contributed by atoms with van der Waals surface area (Å²) in [5.74, 6) is 0.0581. The van der Waals surface area contributed by atoms with Gasteiger partial charge >= 0.3 is 0 Å². The maximum atomic E-state index is 14.9. The second kappa shape index (κ2) is 6.37. The molecule has 0 saturated carbocycles. The van der Waals surface area contributed by atoms with Crippen molar-refractivity contribution in [1.82, 2.24) is 20.0 Å². The normalized spacial score (nSPS) is 12.8. The van der Waals surface area contributed by atoms with Crippen LogP contribution >= 0.6 is 11.3 Å². The number of pyridine rings is 1. The van der Waals surface area contributed by atoms with Gasteiger partial charge in [-0.25, -0.2) is 9.07 Å². The van der Waals surface area contributed by atoms with Crippen LogP contribution in [0, 0.1) is 11.7 Å². The first-order valence-corrected chi connectivity index (χ1v) is 9.02. The molecule has 4 rings (SSSR count). The van der Waals surface area contributed by atoms with Gasteiger partial charge < -0.3 is 0 Å². The summed E-state index contributed by atoms with van der Waals surface area (Å²) in [6.07, 6.45) is 3.49. The van der Waals surface area contributed by atoms with Gasteiger partial charge in [-0.1, -0.05) is 25.1 Å². The Morgan fingerprint density at radius 2 is 2.00 bits per heavy atom. The van der Waals surface area contributed by atoms with Crippen LogP contribution in [-0.4, -0.2) is 20.0 Å². The molecule has 0 N–H and O–H groups in total. The van der Waals surface area contributed by atoms with Gasteiger partial charge in [0.25, 0.3) is 0 Å². The maximum absolute atomic E-state index is 14.9. The molecule has 0 amide bonds. The average molecular weight is 352 g/mol. The average Bonchev–Trinajstić information content (AvgIpc) is 3.29. The van der Waals surface area contributed by atoms with E-state index < -0.39 is 0 Å². The van der Waals surface area contributed by atoms with Crippen LogP contribution in [0.1, 0.15) is 25.6 Å². The SMILES string of the molecule is CC(C)C(c1ccc2c(F)c(-c3cccs3)ccc2n1)n1ccnn1. The standard InChI is InChI=1S/C19H17FN4S/c1-12(2)19(24-10-9-21-23-24)16-8-5-13-15(22-16)7-6-14(18(13)20)17-4-3-11-25-17/h3-12,19H,1-2H3. The number of aromatic nitrogens is 4.